The van der Waals surface area contributed by atoms with Crippen LogP contribution >= 0.6 is 23.2 Å². The summed E-state index contributed by atoms with van der Waals surface area (Å²) in [6, 6.07) is 6.16. The minimum Gasteiger partial charge on any atom is -0.312 e. The highest BCUT2D eigenvalue weighted by atomic mass is 35.5. The fraction of sp³-hybridized carbons (Fsp3) is 0.625. The molecule has 0 fully saturated rings. The minimum absolute atomic E-state index is 0.0286. The van der Waals surface area contributed by atoms with Gasteiger partial charge in [0.15, 0.2) is 0 Å². The highest BCUT2D eigenvalue weighted by Crippen LogP contribution is 2.28. The second kappa shape index (κ2) is 7.65. The van der Waals surface area contributed by atoms with Crippen LogP contribution in [0, 0.1) is 0 Å². The Morgan fingerprint density at radius 1 is 1.25 bits per heavy atom. The van der Waals surface area contributed by atoms with Gasteiger partial charge in [-0.25, -0.2) is 0 Å². The first kappa shape index (κ1) is 17.8. The Morgan fingerprint density at radius 3 is 2.45 bits per heavy atom. The number of benzene rings is 1. The summed E-state index contributed by atoms with van der Waals surface area (Å²) < 4.78 is 0. The zero-order valence-corrected chi connectivity index (χ0v) is 14.6. The number of nitrogens with zero attached hydrogens (tertiary/aromatic N) is 1. The van der Waals surface area contributed by atoms with Crippen LogP contribution in [0.4, 0.5) is 0 Å². The first-order valence-corrected chi connectivity index (χ1v) is 7.90. The van der Waals surface area contributed by atoms with Crippen LogP contribution < -0.4 is 5.32 Å². The van der Waals surface area contributed by atoms with E-state index in [9.17, 15) is 0 Å². The van der Waals surface area contributed by atoms with Gasteiger partial charge in [-0.15, -0.1) is 0 Å². The number of nitrogens with one attached hydrogen (secondary N) is 1. The van der Waals surface area contributed by atoms with Crippen LogP contribution in [0.3, 0.4) is 0 Å². The molecular formula is C16H26Cl2N2. The molecule has 1 aromatic carbocycles. The van der Waals surface area contributed by atoms with Crippen molar-refractivity contribution in [3.63, 3.8) is 0 Å². The summed E-state index contributed by atoms with van der Waals surface area (Å²) >= 11 is 12.4. The average molecular weight is 317 g/mol. The number of halogens is 2. The second-order valence-corrected chi connectivity index (χ2v) is 6.76. The summed E-state index contributed by atoms with van der Waals surface area (Å²) in [5, 5.41) is 4.94. The molecule has 1 aromatic rings. The lowest BCUT2D eigenvalue weighted by Crippen LogP contribution is -2.56. The summed E-state index contributed by atoms with van der Waals surface area (Å²) in [5.74, 6) is 0. The van der Waals surface area contributed by atoms with Crippen LogP contribution in [-0.2, 0) is 6.42 Å². The molecule has 0 bridgehead atoms. The van der Waals surface area contributed by atoms with Crippen LogP contribution in [-0.4, -0.2) is 37.1 Å². The van der Waals surface area contributed by atoms with Gasteiger partial charge in [-0.1, -0.05) is 42.3 Å². The standard InChI is InChI=1S/C16H26Cl2N2/c1-6-10-19-14(16(2,3)20(4)5)11-12-8-7-9-13(17)15(12)18/h7-9,14,19H,6,10-11H2,1-5H3. The Bertz CT molecular complexity index is 430. The number of rotatable bonds is 7. The third-order valence-electron chi connectivity index (χ3n) is 4.10. The molecule has 0 saturated carbocycles. The van der Waals surface area contributed by atoms with Crippen molar-refractivity contribution >= 4 is 23.2 Å². The van der Waals surface area contributed by atoms with Crippen LogP contribution in [0.15, 0.2) is 18.2 Å². The van der Waals surface area contributed by atoms with E-state index in [0.717, 1.165) is 24.9 Å². The van der Waals surface area contributed by atoms with E-state index in [1.165, 1.54) is 0 Å². The van der Waals surface area contributed by atoms with Gasteiger partial charge in [0.25, 0.3) is 0 Å². The summed E-state index contributed by atoms with van der Waals surface area (Å²) in [6.07, 6.45) is 1.98. The quantitative estimate of drug-likeness (QED) is 0.809. The van der Waals surface area contributed by atoms with Crippen molar-refractivity contribution in [3.8, 4) is 0 Å². The Kier molecular flexibility index (Phi) is 6.80. The molecular weight excluding hydrogens is 291 g/mol. The summed E-state index contributed by atoms with van der Waals surface area (Å²) in [4.78, 5) is 2.25. The largest absolute Gasteiger partial charge is 0.312 e. The van der Waals surface area contributed by atoms with Crippen molar-refractivity contribution in [2.75, 3.05) is 20.6 Å². The molecule has 0 heterocycles. The predicted octanol–water partition coefficient (Wildman–Crippen LogP) is 4.24. The number of hydrogen-bond acceptors (Lipinski definition) is 2. The van der Waals surface area contributed by atoms with E-state index in [0.29, 0.717) is 16.1 Å². The Balaban J connectivity index is 2.98. The van der Waals surface area contributed by atoms with Gasteiger partial charge < -0.3 is 10.2 Å². The Hall–Kier alpha value is -0.280. The summed E-state index contributed by atoms with van der Waals surface area (Å²) in [5.41, 5.74) is 1.13. The smallest absolute Gasteiger partial charge is 0.0624 e. The van der Waals surface area contributed by atoms with Crippen molar-refractivity contribution in [3.05, 3.63) is 33.8 Å². The van der Waals surface area contributed by atoms with Gasteiger partial charge in [0.2, 0.25) is 0 Å². The van der Waals surface area contributed by atoms with Gasteiger partial charge in [-0.3, -0.25) is 0 Å². The summed E-state index contributed by atoms with van der Waals surface area (Å²) in [7, 11) is 4.22. The zero-order valence-electron chi connectivity index (χ0n) is 13.1. The topological polar surface area (TPSA) is 15.3 Å². The first-order chi connectivity index (χ1) is 9.30. The molecule has 20 heavy (non-hydrogen) atoms. The Morgan fingerprint density at radius 2 is 1.90 bits per heavy atom. The van der Waals surface area contributed by atoms with Gasteiger partial charge in [0.1, 0.15) is 0 Å². The van der Waals surface area contributed by atoms with Crippen molar-refractivity contribution in [2.45, 2.75) is 45.2 Å². The second-order valence-electron chi connectivity index (χ2n) is 5.97. The van der Waals surface area contributed by atoms with E-state index in [2.05, 4.69) is 51.1 Å². The Labute approximate surface area is 133 Å². The molecule has 0 amide bonds. The predicted molar refractivity (Wildman–Crippen MR) is 90.0 cm³/mol. The molecule has 1 N–H and O–H groups in total. The van der Waals surface area contributed by atoms with E-state index in [1.54, 1.807) is 0 Å². The first-order valence-electron chi connectivity index (χ1n) is 7.14. The van der Waals surface area contributed by atoms with Crippen LogP contribution in [0.1, 0.15) is 32.8 Å². The monoisotopic (exact) mass is 316 g/mol. The van der Waals surface area contributed by atoms with E-state index in [1.807, 2.05) is 12.1 Å². The van der Waals surface area contributed by atoms with Crippen LogP contribution in [0.2, 0.25) is 10.0 Å². The lowest BCUT2D eigenvalue weighted by Gasteiger charge is -2.41. The third-order valence-corrected chi connectivity index (χ3v) is 4.96. The van der Waals surface area contributed by atoms with Gasteiger partial charge >= 0.3 is 0 Å². The minimum atomic E-state index is 0.0286. The molecule has 0 spiro atoms. The number of hydrogen-bond donors (Lipinski definition) is 1. The number of likely N-dealkylation sites (N-methyl/N-ethyl adjacent to an activating group) is 1. The van der Waals surface area contributed by atoms with Crippen LogP contribution in [0.25, 0.3) is 0 Å². The van der Waals surface area contributed by atoms with Crippen molar-refractivity contribution in [2.24, 2.45) is 0 Å². The fourth-order valence-electron chi connectivity index (χ4n) is 2.13. The molecule has 2 nitrogen and oxygen atoms in total. The van der Waals surface area contributed by atoms with Crippen LogP contribution in [0.5, 0.6) is 0 Å². The lowest BCUT2D eigenvalue weighted by atomic mass is 9.88. The highest BCUT2D eigenvalue weighted by Gasteiger charge is 2.31. The van der Waals surface area contributed by atoms with Gasteiger partial charge in [-0.05, 0) is 59.0 Å². The average Bonchev–Trinajstić information content (AvgIpc) is 2.38. The van der Waals surface area contributed by atoms with E-state index >= 15 is 0 Å². The van der Waals surface area contributed by atoms with Crippen molar-refractivity contribution in [1.82, 2.24) is 10.2 Å². The molecule has 0 saturated heterocycles. The molecule has 0 aromatic heterocycles. The molecule has 0 aliphatic rings. The van der Waals surface area contributed by atoms with Gasteiger partial charge in [-0.2, -0.15) is 0 Å². The van der Waals surface area contributed by atoms with Crippen molar-refractivity contribution < 1.29 is 0 Å². The summed E-state index contributed by atoms with van der Waals surface area (Å²) in [6.45, 7) is 7.68. The fourth-order valence-corrected chi connectivity index (χ4v) is 2.53. The van der Waals surface area contributed by atoms with E-state index < -0.39 is 0 Å². The maximum atomic E-state index is 6.33. The van der Waals surface area contributed by atoms with E-state index in [-0.39, 0.29) is 5.54 Å². The molecule has 4 heteroatoms. The molecule has 0 aliphatic heterocycles. The molecule has 1 unspecified atom stereocenters. The SMILES string of the molecule is CCCNC(Cc1cccc(Cl)c1Cl)C(C)(C)N(C)C. The molecule has 1 rings (SSSR count). The van der Waals surface area contributed by atoms with Crippen molar-refractivity contribution in [1.29, 1.82) is 0 Å². The lowest BCUT2D eigenvalue weighted by molar-refractivity contribution is 0.137. The van der Waals surface area contributed by atoms with Gasteiger partial charge in [0.05, 0.1) is 10.0 Å². The van der Waals surface area contributed by atoms with E-state index in [4.69, 9.17) is 23.2 Å². The highest BCUT2D eigenvalue weighted by molar-refractivity contribution is 6.42. The molecule has 1 atom stereocenters. The normalized spacial score (nSPS) is 13.8. The zero-order chi connectivity index (χ0) is 15.3. The molecule has 0 aliphatic carbocycles. The third kappa shape index (κ3) is 4.36. The maximum absolute atomic E-state index is 6.33. The molecule has 114 valence electrons. The maximum Gasteiger partial charge on any atom is 0.0624 e. The van der Waals surface area contributed by atoms with Gasteiger partial charge in [0, 0.05) is 11.6 Å². The molecule has 0 radical (unpaired) electrons.